The SMILES string of the molecule is COCCOc1ccccc1C(=O)Nc1ccc(C(C)=O)cc1. The van der Waals surface area contributed by atoms with Crippen LogP contribution in [0.2, 0.25) is 0 Å². The maximum atomic E-state index is 12.4. The van der Waals surface area contributed by atoms with Crippen molar-refractivity contribution in [2.24, 2.45) is 0 Å². The second-order valence-electron chi connectivity index (χ2n) is 4.93. The van der Waals surface area contributed by atoms with E-state index >= 15 is 0 Å². The smallest absolute Gasteiger partial charge is 0.259 e. The molecule has 2 aromatic rings. The molecule has 1 amide bonds. The van der Waals surface area contributed by atoms with Crippen LogP contribution < -0.4 is 10.1 Å². The van der Waals surface area contributed by atoms with Crippen LogP contribution in [0, 0.1) is 0 Å². The van der Waals surface area contributed by atoms with E-state index in [-0.39, 0.29) is 11.7 Å². The van der Waals surface area contributed by atoms with E-state index in [0.29, 0.717) is 35.8 Å². The number of methoxy groups -OCH3 is 1. The molecular formula is C18H19NO4. The summed E-state index contributed by atoms with van der Waals surface area (Å²) in [5.41, 5.74) is 1.66. The van der Waals surface area contributed by atoms with Crippen LogP contribution >= 0.6 is 0 Å². The van der Waals surface area contributed by atoms with Crippen molar-refractivity contribution in [2.45, 2.75) is 6.92 Å². The summed E-state index contributed by atoms with van der Waals surface area (Å²) in [5.74, 6) is 0.218. The van der Waals surface area contributed by atoms with E-state index < -0.39 is 0 Å². The Morgan fingerprint density at radius 3 is 2.35 bits per heavy atom. The molecule has 0 aliphatic rings. The van der Waals surface area contributed by atoms with Gasteiger partial charge in [0.1, 0.15) is 12.4 Å². The zero-order chi connectivity index (χ0) is 16.7. The monoisotopic (exact) mass is 313 g/mol. The number of anilines is 1. The molecule has 0 aliphatic carbocycles. The lowest BCUT2D eigenvalue weighted by Gasteiger charge is -2.11. The molecule has 0 aliphatic heterocycles. The summed E-state index contributed by atoms with van der Waals surface area (Å²) >= 11 is 0. The zero-order valence-electron chi connectivity index (χ0n) is 13.2. The van der Waals surface area contributed by atoms with E-state index in [2.05, 4.69) is 5.32 Å². The predicted octanol–water partition coefficient (Wildman–Crippen LogP) is 3.17. The highest BCUT2D eigenvalue weighted by Crippen LogP contribution is 2.20. The van der Waals surface area contributed by atoms with Gasteiger partial charge < -0.3 is 14.8 Å². The van der Waals surface area contributed by atoms with E-state index in [9.17, 15) is 9.59 Å². The van der Waals surface area contributed by atoms with Gasteiger partial charge >= 0.3 is 0 Å². The minimum absolute atomic E-state index is 0.0141. The molecule has 2 rings (SSSR count). The van der Waals surface area contributed by atoms with Crippen molar-refractivity contribution >= 4 is 17.4 Å². The lowest BCUT2D eigenvalue weighted by molar-refractivity contribution is 0.101. The van der Waals surface area contributed by atoms with Crippen molar-refractivity contribution in [3.05, 3.63) is 59.7 Å². The molecule has 0 spiro atoms. The third-order valence-corrected chi connectivity index (χ3v) is 3.23. The third kappa shape index (κ3) is 4.66. The maximum Gasteiger partial charge on any atom is 0.259 e. The van der Waals surface area contributed by atoms with Gasteiger partial charge in [0.05, 0.1) is 12.2 Å². The molecular weight excluding hydrogens is 294 g/mol. The fourth-order valence-electron chi connectivity index (χ4n) is 2.00. The summed E-state index contributed by atoms with van der Waals surface area (Å²) in [5, 5.41) is 2.79. The van der Waals surface area contributed by atoms with E-state index in [1.807, 2.05) is 0 Å². The van der Waals surface area contributed by atoms with Gasteiger partial charge in [0, 0.05) is 18.4 Å². The van der Waals surface area contributed by atoms with Gasteiger partial charge in [0.15, 0.2) is 5.78 Å². The molecule has 0 fully saturated rings. The van der Waals surface area contributed by atoms with Crippen molar-refractivity contribution in [1.29, 1.82) is 0 Å². The molecule has 0 radical (unpaired) electrons. The summed E-state index contributed by atoms with van der Waals surface area (Å²) in [6.07, 6.45) is 0. The Labute approximate surface area is 135 Å². The lowest BCUT2D eigenvalue weighted by Crippen LogP contribution is -2.14. The maximum absolute atomic E-state index is 12.4. The van der Waals surface area contributed by atoms with E-state index in [1.54, 1.807) is 55.6 Å². The van der Waals surface area contributed by atoms with Crippen LogP contribution in [0.1, 0.15) is 27.6 Å². The first-order valence-corrected chi connectivity index (χ1v) is 7.25. The van der Waals surface area contributed by atoms with Crippen molar-refractivity contribution < 1.29 is 19.1 Å². The van der Waals surface area contributed by atoms with Crippen LogP contribution in [0.15, 0.2) is 48.5 Å². The van der Waals surface area contributed by atoms with Crippen LogP contribution in [0.5, 0.6) is 5.75 Å². The normalized spacial score (nSPS) is 10.2. The number of Topliss-reactive ketones (excluding diaryl/α,β-unsaturated/α-hetero) is 1. The topological polar surface area (TPSA) is 64.6 Å². The molecule has 0 heterocycles. The summed E-state index contributed by atoms with van der Waals surface area (Å²) < 4.78 is 10.5. The average Bonchev–Trinajstić information content (AvgIpc) is 2.56. The molecule has 0 saturated heterocycles. The van der Waals surface area contributed by atoms with Gasteiger partial charge in [-0.1, -0.05) is 12.1 Å². The van der Waals surface area contributed by atoms with E-state index in [1.165, 1.54) is 6.92 Å². The summed E-state index contributed by atoms with van der Waals surface area (Å²) in [6.45, 7) is 2.32. The second kappa shape index (κ2) is 8.10. The quantitative estimate of drug-likeness (QED) is 0.630. The van der Waals surface area contributed by atoms with Gasteiger partial charge in [-0.05, 0) is 43.3 Å². The molecule has 1 N–H and O–H groups in total. The Hall–Kier alpha value is -2.66. The minimum atomic E-state index is -0.270. The largest absolute Gasteiger partial charge is 0.490 e. The molecule has 5 nitrogen and oxygen atoms in total. The van der Waals surface area contributed by atoms with Crippen molar-refractivity contribution in [2.75, 3.05) is 25.6 Å². The van der Waals surface area contributed by atoms with Crippen LogP contribution in [-0.2, 0) is 4.74 Å². The highest BCUT2D eigenvalue weighted by Gasteiger charge is 2.12. The van der Waals surface area contributed by atoms with Gasteiger partial charge in [-0.3, -0.25) is 9.59 Å². The number of rotatable bonds is 7. The van der Waals surface area contributed by atoms with Crippen LogP contribution in [-0.4, -0.2) is 32.0 Å². The number of benzene rings is 2. The Morgan fingerprint density at radius 1 is 1.00 bits per heavy atom. The zero-order valence-corrected chi connectivity index (χ0v) is 13.2. The molecule has 0 atom stereocenters. The van der Waals surface area contributed by atoms with Crippen LogP contribution in [0.25, 0.3) is 0 Å². The molecule has 23 heavy (non-hydrogen) atoms. The number of carbonyl (C=O) groups is 2. The van der Waals surface area contributed by atoms with Gasteiger partial charge in [-0.2, -0.15) is 0 Å². The highest BCUT2D eigenvalue weighted by atomic mass is 16.5. The van der Waals surface area contributed by atoms with Gasteiger partial charge in [-0.25, -0.2) is 0 Å². The number of para-hydroxylation sites is 1. The predicted molar refractivity (Wildman–Crippen MR) is 88.2 cm³/mol. The molecule has 0 saturated carbocycles. The summed E-state index contributed by atoms with van der Waals surface area (Å²) in [4.78, 5) is 23.7. The third-order valence-electron chi connectivity index (χ3n) is 3.23. The van der Waals surface area contributed by atoms with Crippen LogP contribution in [0.3, 0.4) is 0 Å². The summed E-state index contributed by atoms with van der Waals surface area (Å²) in [6, 6.07) is 13.8. The number of ketones is 1. The number of nitrogens with one attached hydrogen (secondary N) is 1. The Morgan fingerprint density at radius 2 is 1.70 bits per heavy atom. The summed E-state index contributed by atoms with van der Waals surface area (Å²) in [7, 11) is 1.59. The number of carbonyl (C=O) groups excluding carboxylic acids is 2. The van der Waals surface area contributed by atoms with Crippen molar-refractivity contribution in [1.82, 2.24) is 0 Å². The first-order chi connectivity index (χ1) is 11.1. The highest BCUT2D eigenvalue weighted by molar-refractivity contribution is 6.06. The van der Waals surface area contributed by atoms with Gasteiger partial charge in [-0.15, -0.1) is 0 Å². The fraction of sp³-hybridized carbons (Fsp3) is 0.222. The average molecular weight is 313 g/mol. The number of hydrogen-bond acceptors (Lipinski definition) is 4. The first-order valence-electron chi connectivity index (χ1n) is 7.25. The van der Waals surface area contributed by atoms with E-state index in [0.717, 1.165) is 0 Å². The van der Waals surface area contributed by atoms with Gasteiger partial charge in [0.25, 0.3) is 5.91 Å². The van der Waals surface area contributed by atoms with Crippen molar-refractivity contribution in [3.8, 4) is 5.75 Å². The molecule has 0 bridgehead atoms. The number of ether oxygens (including phenoxy) is 2. The first kappa shape index (κ1) is 16.7. The molecule has 0 unspecified atom stereocenters. The minimum Gasteiger partial charge on any atom is -0.490 e. The molecule has 120 valence electrons. The standard InChI is InChI=1S/C18H19NO4/c1-13(20)14-7-9-15(10-8-14)19-18(21)16-5-3-4-6-17(16)23-12-11-22-2/h3-10H,11-12H2,1-2H3,(H,19,21). The second-order valence-corrected chi connectivity index (χ2v) is 4.93. The molecule has 5 heteroatoms. The van der Waals surface area contributed by atoms with E-state index in [4.69, 9.17) is 9.47 Å². The molecule has 2 aromatic carbocycles. The van der Waals surface area contributed by atoms with Crippen LogP contribution in [0.4, 0.5) is 5.69 Å². The van der Waals surface area contributed by atoms with Crippen molar-refractivity contribution in [3.63, 3.8) is 0 Å². The van der Waals surface area contributed by atoms with Gasteiger partial charge in [0.2, 0.25) is 0 Å². The molecule has 0 aromatic heterocycles. The fourth-order valence-corrected chi connectivity index (χ4v) is 2.00. The lowest BCUT2D eigenvalue weighted by atomic mass is 10.1. The Kier molecular flexibility index (Phi) is 5.88. The Bertz CT molecular complexity index is 680. The Balaban J connectivity index is 2.09. The number of amides is 1. The number of hydrogen-bond donors (Lipinski definition) is 1.